The minimum Gasteiger partial charge on any atom is -0.477 e. The van der Waals surface area contributed by atoms with Crippen LogP contribution in [-0.4, -0.2) is 36.5 Å². The summed E-state index contributed by atoms with van der Waals surface area (Å²) in [5.74, 6) is -0.455. The van der Waals surface area contributed by atoms with E-state index in [2.05, 4.69) is 25.6 Å². The van der Waals surface area contributed by atoms with Gasteiger partial charge in [-0.05, 0) is 42.5 Å². The summed E-state index contributed by atoms with van der Waals surface area (Å²) in [6, 6.07) is 13.0. The van der Waals surface area contributed by atoms with Crippen LogP contribution < -0.4 is 20.9 Å². The van der Waals surface area contributed by atoms with Crippen LogP contribution in [0.4, 0.5) is 17.3 Å². The molecule has 4 aromatic rings. The minimum atomic E-state index is -1.15. The van der Waals surface area contributed by atoms with Crippen molar-refractivity contribution in [2.45, 2.75) is 19.9 Å². The van der Waals surface area contributed by atoms with Gasteiger partial charge in [-0.2, -0.15) is 0 Å². The molecule has 0 spiro atoms. The molecule has 0 saturated heterocycles. The van der Waals surface area contributed by atoms with Crippen molar-refractivity contribution in [2.75, 3.05) is 10.6 Å². The van der Waals surface area contributed by atoms with Crippen LogP contribution >= 0.6 is 11.6 Å². The molecule has 37 heavy (non-hydrogen) atoms. The van der Waals surface area contributed by atoms with E-state index in [9.17, 15) is 14.4 Å². The van der Waals surface area contributed by atoms with Crippen LogP contribution in [0.15, 0.2) is 71.9 Å². The monoisotopic (exact) mass is 520 g/mol. The fraction of sp³-hybridized carbons (Fsp3) is 0.120. The summed E-state index contributed by atoms with van der Waals surface area (Å²) in [7, 11) is 0. The predicted octanol–water partition coefficient (Wildman–Crippen LogP) is 4.32. The highest BCUT2D eigenvalue weighted by molar-refractivity contribution is 6.30. The van der Waals surface area contributed by atoms with E-state index in [-0.39, 0.29) is 36.2 Å². The average molecular weight is 521 g/mol. The first-order valence-corrected chi connectivity index (χ1v) is 11.4. The molecule has 0 atom stereocenters. The molecule has 0 fully saturated rings. The highest BCUT2D eigenvalue weighted by Gasteiger charge is 2.14. The molecule has 0 saturated carbocycles. The zero-order chi connectivity index (χ0) is 26.4. The molecule has 0 aliphatic rings. The number of carboxylic acids is 1. The Morgan fingerprint density at radius 1 is 1.03 bits per heavy atom. The normalized spacial score (nSPS) is 10.5. The lowest BCUT2D eigenvalue weighted by molar-refractivity contribution is -0.115. The van der Waals surface area contributed by atoms with Gasteiger partial charge >= 0.3 is 5.97 Å². The summed E-state index contributed by atoms with van der Waals surface area (Å²) in [6.45, 7) is 1.76. The Morgan fingerprint density at radius 2 is 1.81 bits per heavy atom. The topological polar surface area (TPSA) is 148 Å². The lowest BCUT2D eigenvalue weighted by atomic mass is 10.3. The van der Waals surface area contributed by atoms with Crippen molar-refractivity contribution in [2.24, 2.45) is 0 Å². The van der Waals surface area contributed by atoms with Crippen LogP contribution in [0.3, 0.4) is 0 Å². The molecule has 1 amide bonds. The van der Waals surface area contributed by atoms with Gasteiger partial charge in [0.1, 0.15) is 17.2 Å². The molecule has 3 aromatic heterocycles. The summed E-state index contributed by atoms with van der Waals surface area (Å²) in [5.41, 5.74) is 0.630. The Morgan fingerprint density at radius 3 is 2.49 bits per heavy atom. The number of nitrogens with one attached hydrogen (secondary N) is 2. The van der Waals surface area contributed by atoms with Gasteiger partial charge in [-0.25, -0.2) is 14.8 Å². The third-order valence-corrected chi connectivity index (χ3v) is 5.27. The number of aromatic nitrogens is 4. The zero-order valence-corrected chi connectivity index (χ0v) is 20.3. The number of nitrogens with zero attached hydrogens (tertiary/aromatic N) is 4. The van der Waals surface area contributed by atoms with Gasteiger partial charge in [0.2, 0.25) is 11.9 Å². The summed E-state index contributed by atoms with van der Waals surface area (Å²) in [4.78, 5) is 48.5. The molecule has 1 aromatic carbocycles. The Labute approximate surface area is 215 Å². The van der Waals surface area contributed by atoms with Gasteiger partial charge < -0.3 is 20.5 Å². The summed E-state index contributed by atoms with van der Waals surface area (Å²) < 4.78 is 7.07. The third-order valence-electron chi connectivity index (χ3n) is 5.05. The number of rotatable bonds is 9. The van der Waals surface area contributed by atoms with Crippen molar-refractivity contribution in [3.8, 4) is 11.5 Å². The molecule has 0 unspecified atom stereocenters. The number of aromatic carboxylic acids is 1. The highest BCUT2D eigenvalue weighted by Crippen LogP contribution is 2.24. The molecule has 0 radical (unpaired) electrons. The summed E-state index contributed by atoms with van der Waals surface area (Å²) in [5, 5.41) is 15.2. The summed E-state index contributed by atoms with van der Waals surface area (Å²) in [6.07, 6.45) is 4.34. The van der Waals surface area contributed by atoms with Crippen LogP contribution in [0.2, 0.25) is 5.02 Å². The number of carboxylic acid groups (broad SMARTS) is 1. The molecule has 0 bridgehead atoms. The van der Waals surface area contributed by atoms with Crippen molar-refractivity contribution >= 4 is 40.8 Å². The number of benzene rings is 1. The van der Waals surface area contributed by atoms with Crippen molar-refractivity contribution in [3.05, 3.63) is 93.9 Å². The van der Waals surface area contributed by atoms with Crippen LogP contribution in [-0.2, 0) is 11.3 Å². The van der Waals surface area contributed by atoms with Crippen LogP contribution in [0.1, 0.15) is 29.5 Å². The van der Waals surface area contributed by atoms with Crippen molar-refractivity contribution < 1.29 is 19.4 Å². The second-order valence-corrected chi connectivity index (χ2v) is 8.13. The lowest BCUT2D eigenvalue weighted by Crippen LogP contribution is -2.28. The number of ether oxygens (including phenoxy) is 1. The maximum atomic E-state index is 13.2. The summed E-state index contributed by atoms with van der Waals surface area (Å²) >= 11 is 5.93. The van der Waals surface area contributed by atoms with Gasteiger partial charge in [0.05, 0.1) is 23.5 Å². The second-order valence-electron chi connectivity index (χ2n) is 7.69. The predicted molar refractivity (Wildman–Crippen MR) is 137 cm³/mol. The number of halogens is 1. The van der Waals surface area contributed by atoms with Crippen molar-refractivity contribution in [1.29, 1.82) is 0 Å². The first kappa shape index (κ1) is 25.3. The molecule has 188 valence electrons. The van der Waals surface area contributed by atoms with E-state index in [1.54, 1.807) is 49.4 Å². The Hall–Kier alpha value is -4.77. The van der Waals surface area contributed by atoms with E-state index < -0.39 is 11.5 Å². The first-order valence-electron chi connectivity index (χ1n) is 11.1. The maximum absolute atomic E-state index is 13.2. The molecule has 3 heterocycles. The molecule has 12 heteroatoms. The van der Waals surface area contributed by atoms with Gasteiger partial charge in [-0.1, -0.05) is 18.5 Å². The number of pyridine rings is 2. The lowest BCUT2D eigenvalue weighted by Gasteiger charge is -2.15. The largest absolute Gasteiger partial charge is 0.477 e. The SMILES string of the molecule is CCC(=O)Nc1cnc(Nc2ccc(Oc3ccnc(C(=O)O)c3)cc2)n(Cc2ccc(Cl)cn2)c1=O. The van der Waals surface area contributed by atoms with E-state index in [0.717, 1.165) is 0 Å². The van der Waals surface area contributed by atoms with Crippen LogP contribution in [0, 0.1) is 0 Å². The van der Waals surface area contributed by atoms with Gasteiger partial charge in [0, 0.05) is 30.6 Å². The average Bonchev–Trinajstić information content (AvgIpc) is 2.90. The standard InChI is InChI=1S/C25H21ClN6O5/c1-2-22(33)31-21-13-29-25(32(23(21)34)14-17-4-3-15(26)12-28-17)30-16-5-7-18(8-6-16)37-19-9-10-27-20(11-19)24(35)36/h3-13H,2,14H2,1H3,(H,29,30)(H,31,33)(H,35,36). The third kappa shape index (κ3) is 6.47. The maximum Gasteiger partial charge on any atom is 0.354 e. The van der Waals surface area contributed by atoms with Gasteiger partial charge in [0.15, 0.2) is 5.69 Å². The van der Waals surface area contributed by atoms with Crippen molar-refractivity contribution in [3.63, 3.8) is 0 Å². The Bertz CT molecular complexity index is 1490. The number of amides is 1. The number of carbonyl (C=O) groups is 2. The van der Waals surface area contributed by atoms with E-state index in [4.69, 9.17) is 21.4 Å². The zero-order valence-electron chi connectivity index (χ0n) is 19.5. The van der Waals surface area contributed by atoms with Crippen LogP contribution in [0.25, 0.3) is 0 Å². The molecular weight excluding hydrogens is 500 g/mol. The van der Waals surface area contributed by atoms with Gasteiger partial charge in [-0.3, -0.25) is 19.1 Å². The molecule has 0 aliphatic heterocycles. The van der Waals surface area contributed by atoms with E-state index >= 15 is 0 Å². The number of hydrogen-bond donors (Lipinski definition) is 3. The van der Waals surface area contributed by atoms with Gasteiger partial charge in [0.25, 0.3) is 5.56 Å². The second kappa shape index (κ2) is 11.3. The Balaban J connectivity index is 1.58. The number of anilines is 3. The van der Waals surface area contributed by atoms with Crippen LogP contribution in [0.5, 0.6) is 11.5 Å². The molecular formula is C25H21ClN6O5. The van der Waals surface area contributed by atoms with E-state index in [1.807, 2.05) is 0 Å². The smallest absolute Gasteiger partial charge is 0.354 e. The number of carbonyl (C=O) groups excluding carboxylic acids is 1. The fourth-order valence-corrected chi connectivity index (χ4v) is 3.30. The quantitative estimate of drug-likeness (QED) is 0.293. The number of hydrogen-bond acceptors (Lipinski definition) is 8. The van der Waals surface area contributed by atoms with E-state index in [0.29, 0.717) is 27.9 Å². The molecule has 4 rings (SSSR count). The minimum absolute atomic E-state index is 0.0493. The van der Waals surface area contributed by atoms with E-state index in [1.165, 1.54) is 29.2 Å². The Kier molecular flexibility index (Phi) is 7.74. The first-order chi connectivity index (χ1) is 17.8. The molecule has 0 aliphatic carbocycles. The van der Waals surface area contributed by atoms with Gasteiger partial charge in [-0.15, -0.1) is 0 Å². The highest BCUT2D eigenvalue weighted by atomic mass is 35.5. The molecule has 3 N–H and O–H groups in total. The fourth-order valence-electron chi connectivity index (χ4n) is 3.19. The van der Waals surface area contributed by atoms with Crippen molar-refractivity contribution in [1.82, 2.24) is 19.5 Å². The molecule has 11 nitrogen and oxygen atoms in total.